The average Bonchev–Trinajstić information content (AvgIpc) is 3.11. The van der Waals surface area contributed by atoms with E-state index in [4.69, 9.17) is 4.74 Å². The molecular weight excluding hydrogens is 414 g/mol. The maximum absolute atomic E-state index is 13.2. The molecule has 0 aliphatic carbocycles. The number of aryl methyl sites for hydroxylation is 2. The number of sulfonamides is 1. The van der Waals surface area contributed by atoms with E-state index in [1.54, 1.807) is 42.8 Å². The lowest BCUT2D eigenvalue weighted by Gasteiger charge is -2.17. The van der Waals surface area contributed by atoms with Crippen molar-refractivity contribution in [2.45, 2.75) is 32.6 Å². The molecule has 160 valence electrons. The number of hydrogen-bond donors (Lipinski definition) is 1. The molecule has 4 aromatic rings. The zero-order chi connectivity index (χ0) is 22.3. The summed E-state index contributed by atoms with van der Waals surface area (Å²) in [5, 5.41) is 12.6. The van der Waals surface area contributed by atoms with E-state index in [1.165, 1.54) is 0 Å². The molecule has 2 aromatic carbocycles. The first-order chi connectivity index (χ1) is 14.7. The largest absolute Gasteiger partial charge is 0.496 e. The van der Waals surface area contributed by atoms with Crippen LogP contribution < -0.4 is 9.46 Å². The zero-order valence-electron chi connectivity index (χ0n) is 18.0. The number of ether oxygens (including phenoxy) is 1. The normalized spacial score (nSPS) is 11.6. The van der Waals surface area contributed by atoms with E-state index in [-0.39, 0.29) is 4.90 Å². The van der Waals surface area contributed by atoms with E-state index < -0.39 is 10.0 Å². The van der Waals surface area contributed by atoms with Crippen LogP contribution in [0.15, 0.2) is 47.4 Å². The first kappa shape index (κ1) is 20.8. The van der Waals surface area contributed by atoms with Gasteiger partial charge in [-0.15, -0.1) is 10.2 Å². The minimum atomic E-state index is -3.80. The van der Waals surface area contributed by atoms with Crippen LogP contribution >= 0.6 is 0 Å². The Bertz CT molecular complexity index is 1410. The molecule has 0 spiro atoms. The Labute approximate surface area is 181 Å². The molecule has 9 heteroatoms. The van der Waals surface area contributed by atoms with E-state index in [1.807, 2.05) is 39.0 Å². The standard InChI is InChI=1S/C22H23N5O3S/c1-13-11-20(14(2)15(3)22(13)30-5)31(28,29)26-18-8-6-7-17(12-18)19-9-10-21-24-23-16(4)27(21)25-19/h6-12,26H,1-5H3. The van der Waals surface area contributed by atoms with Gasteiger partial charge in [0.1, 0.15) is 5.75 Å². The molecule has 0 fully saturated rings. The van der Waals surface area contributed by atoms with Gasteiger partial charge in [-0.1, -0.05) is 12.1 Å². The van der Waals surface area contributed by atoms with E-state index in [2.05, 4.69) is 20.0 Å². The van der Waals surface area contributed by atoms with Crippen LogP contribution in [0.1, 0.15) is 22.5 Å². The van der Waals surface area contributed by atoms with Gasteiger partial charge in [-0.25, -0.2) is 8.42 Å². The lowest BCUT2D eigenvalue weighted by molar-refractivity contribution is 0.407. The Morgan fingerprint density at radius 3 is 2.48 bits per heavy atom. The molecule has 0 amide bonds. The number of rotatable bonds is 5. The van der Waals surface area contributed by atoms with Gasteiger partial charge in [-0.2, -0.15) is 9.61 Å². The van der Waals surface area contributed by atoms with Crippen LogP contribution in [0.25, 0.3) is 16.9 Å². The molecule has 0 radical (unpaired) electrons. The molecule has 2 aromatic heterocycles. The van der Waals surface area contributed by atoms with Crippen molar-refractivity contribution < 1.29 is 13.2 Å². The summed E-state index contributed by atoms with van der Waals surface area (Å²) in [5.74, 6) is 1.37. The Morgan fingerprint density at radius 2 is 1.74 bits per heavy atom. The molecule has 4 rings (SSSR count). The minimum absolute atomic E-state index is 0.230. The summed E-state index contributed by atoms with van der Waals surface area (Å²) in [7, 11) is -2.21. The summed E-state index contributed by atoms with van der Waals surface area (Å²) in [5.41, 5.74) is 4.78. The van der Waals surface area contributed by atoms with Crippen molar-refractivity contribution in [2.24, 2.45) is 0 Å². The number of fused-ring (bicyclic) bond motifs is 1. The van der Waals surface area contributed by atoms with Crippen molar-refractivity contribution in [3.8, 4) is 17.0 Å². The predicted molar refractivity (Wildman–Crippen MR) is 119 cm³/mol. The Hall–Kier alpha value is -3.46. The average molecular weight is 438 g/mol. The summed E-state index contributed by atoms with van der Waals surface area (Å²) < 4.78 is 36.1. The van der Waals surface area contributed by atoms with Gasteiger partial charge in [0, 0.05) is 11.3 Å². The Kier molecular flexibility index (Phi) is 5.14. The fourth-order valence-corrected chi connectivity index (χ4v) is 5.05. The van der Waals surface area contributed by atoms with Gasteiger partial charge >= 0.3 is 0 Å². The van der Waals surface area contributed by atoms with Gasteiger partial charge in [0.05, 0.1) is 17.7 Å². The molecule has 31 heavy (non-hydrogen) atoms. The van der Waals surface area contributed by atoms with Crippen molar-refractivity contribution in [3.05, 3.63) is 65.0 Å². The summed E-state index contributed by atoms with van der Waals surface area (Å²) >= 11 is 0. The molecule has 0 unspecified atom stereocenters. The fourth-order valence-electron chi connectivity index (χ4n) is 3.62. The number of aromatic nitrogens is 4. The number of hydrogen-bond acceptors (Lipinski definition) is 6. The zero-order valence-corrected chi connectivity index (χ0v) is 18.8. The minimum Gasteiger partial charge on any atom is -0.496 e. The van der Waals surface area contributed by atoms with Crippen molar-refractivity contribution in [1.29, 1.82) is 0 Å². The van der Waals surface area contributed by atoms with E-state index >= 15 is 0 Å². The first-order valence-electron chi connectivity index (χ1n) is 9.68. The van der Waals surface area contributed by atoms with Gasteiger partial charge in [0.2, 0.25) is 0 Å². The number of methoxy groups -OCH3 is 1. The first-order valence-corrected chi connectivity index (χ1v) is 11.2. The van der Waals surface area contributed by atoms with Gasteiger partial charge in [0.15, 0.2) is 11.5 Å². The Morgan fingerprint density at radius 1 is 0.968 bits per heavy atom. The highest BCUT2D eigenvalue weighted by Crippen LogP contribution is 2.32. The summed E-state index contributed by atoms with van der Waals surface area (Å²) in [6, 6.07) is 12.4. The van der Waals surface area contributed by atoms with Crippen LogP contribution in [0.5, 0.6) is 5.75 Å². The molecule has 0 aliphatic rings. The number of benzene rings is 2. The van der Waals surface area contributed by atoms with Crippen molar-refractivity contribution in [2.75, 3.05) is 11.8 Å². The van der Waals surface area contributed by atoms with Crippen molar-refractivity contribution in [3.63, 3.8) is 0 Å². The molecule has 8 nitrogen and oxygen atoms in total. The summed E-state index contributed by atoms with van der Waals surface area (Å²) in [6.45, 7) is 7.29. The fraction of sp³-hybridized carbons (Fsp3) is 0.227. The van der Waals surface area contributed by atoms with Crippen LogP contribution in [-0.4, -0.2) is 35.3 Å². The van der Waals surface area contributed by atoms with Crippen LogP contribution in [0, 0.1) is 27.7 Å². The third-order valence-electron chi connectivity index (χ3n) is 5.30. The SMILES string of the molecule is COc1c(C)cc(S(=O)(=O)Nc2cccc(-c3ccc4nnc(C)n4n3)c2)c(C)c1C. The van der Waals surface area contributed by atoms with Gasteiger partial charge < -0.3 is 4.74 Å². The number of nitrogens with zero attached hydrogens (tertiary/aromatic N) is 4. The van der Waals surface area contributed by atoms with Crippen molar-refractivity contribution in [1.82, 2.24) is 19.8 Å². The van der Waals surface area contributed by atoms with Crippen LogP contribution in [-0.2, 0) is 10.0 Å². The molecule has 0 saturated heterocycles. The maximum atomic E-state index is 13.2. The molecule has 0 saturated carbocycles. The number of anilines is 1. The highest BCUT2D eigenvalue weighted by Gasteiger charge is 2.21. The molecule has 0 aliphatic heterocycles. The second-order valence-electron chi connectivity index (χ2n) is 7.40. The highest BCUT2D eigenvalue weighted by molar-refractivity contribution is 7.92. The third-order valence-corrected chi connectivity index (χ3v) is 6.81. The van der Waals surface area contributed by atoms with Gasteiger partial charge in [0.25, 0.3) is 10.0 Å². The number of nitrogens with one attached hydrogen (secondary N) is 1. The summed E-state index contributed by atoms with van der Waals surface area (Å²) in [6.07, 6.45) is 0. The predicted octanol–water partition coefficient (Wildman–Crippen LogP) is 3.83. The lowest BCUT2D eigenvalue weighted by atomic mass is 10.1. The third kappa shape index (κ3) is 3.72. The summed E-state index contributed by atoms with van der Waals surface area (Å²) in [4.78, 5) is 0.230. The maximum Gasteiger partial charge on any atom is 0.262 e. The second-order valence-corrected chi connectivity index (χ2v) is 9.05. The molecule has 2 heterocycles. The quantitative estimate of drug-likeness (QED) is 0.509. The topological polar surface area (TPSA) is 98.5 Å². The van der Waals surface area contributed by atoms with Crippen LogP contribution in [0.4, 0.5) is 5.69 Å². The monoisotopic (exact) mass is 437 g/mol. The van der Waals surface area contributed by atoms with Gasteiger partial charge in [-0.05, 0) is 74.7 Å². The van der Waals surface area contributed by atoms with Gasteiger partial charge in [-0.3, -0.25) is 4.72 Å². The molecule has 1 N–H and O–H groups in total. The van der Waals surface area contributed by atoms with E-state index in [9.17, 15) is 8.42 Å². The van der Waals surface area contributed by atoms with Crippen LogP contribution in [0.2, 0.25) is 0 Å². The van der Waals surface area contributed by atoms with Crippen LogP contribution in [0.3, 0.4) is 0 Å². The molecular formula is C22H23N5O3S. The second kappa shape index (κ2) is 7.66. The molecule has 0 atom stereocenters. The lowest BCUT2D eigenvalue weighted by Crippen LogP contribution is -2.15. The van der Waals surface area contributed by atoms with Crippen molar-refractivity contribution >= 4 is 21.4 Å². The smallest absolute Gasteiger partial charge is 0.262 e. The molecule has 0 bridgehead atoms. The Balaban J connectivity index is 1.71. The van der Waals surface area contributed by atoms with E-state index in [0.717, 1.165) is 16.7 Å². The van der Waals surface area contributed by atoms with E-state index in [0.29, 0.717) is 34.2 Å². The highest BCUT2D eigenvalue weighted by atomic mass is 32.2.